The van der Waals surface area contributed by atoms with Gasteiger partial charge in [0.1, 0.15) is 17.1 Å². The first-order valence-corrected chi connectivity index (χ1v) is 8.17. The average Bonchev–Trinajstić information content (AvgIpc) is 2.98. The second-order valence-corrected chi connectivity index (χ2v) is 6.55. The van der Waals surface area contributed by atoms with E-state index in [1.165, 1.54) is 17.4 Å². The predicted molar refractivity (Wildman–Crippen MR) is 90.0 cm³/mol. The van der Waals surface area contributed by atoms with E-state index < -0.39 is 5.63 Å². The Morgan fingerprint density at radius 3 is 2.74 bits per heavy atom. The lowest BCUT2D eigenvalue weighted by atomic mass is 10.1. The minimum absolute atomic E-state index is 0.0450. The molecule has 1 aromatic carbocycles. The van der Waals surface area contributed by atoms with E-state index in [0.717, 1.165) is 22.2 Å². The number of thiophene rings is 1. The van der Waals surface area contributed by atoms with E-state index in [1.807, 2.05) is 38.1 Å². The molecule has 0 N–H and O–H groups in total. The predicted octanol–water partition coefficient (Wildman–Crippen LogP) is 4.08. The van der Waals surface area contributed by atoms with Crippen molar-refractivity contribution in [1.29, 1.82) is 0 Å². The number of hydrogen-bond acceptors (Lipinski definition) is 5. The Labute approximate surface area is 137 Å². The number of aryl methyl sites for hydroxylation is 2. The number of ether oxygens (including phenoxy) is 1. The zero-order chi connectivity index (χ0) is 16.4. The molecule has 0 aliphatic heterocycles. The third kappa shape index (κ3) is 3.35. The van der Waals surface area contributed by atoms with Crippen molar-refractivity contribution < 1.29 is 13.9 Å². The highest BCUT2D eigenvalue weighted by atomic mass is 32.1. The van der Waals surface area contributed by atoms with E-state index in [1.54, 1.807) is 6.07 Å². The van der Waals surface area contributed by atoms with Crippen molar-refractivity contribution in [3.8, 4) is 0 Å². The standard InChI is InChI=1S/C18H16O4S/c1-3-12-5-6-14-13(9-17(19)22-15(14)8-12)10-21-18(20)16-7-4-11(2)23-16/h4-9H,3,10H2,1-2H3. The van der Waals surface area contributed by atoms with Gasteiger partial charge in [-0.15, -0.1) is 11.3 Å². The summed E-state index contributed by atoms with van der Waals surface area (Å²) in [6.45, 7) is 4.01. The largest absolute Gasteiger partial charge is 0.457 e. The number of fused-ring (bicyclic) bond motifs is 1. The molecule has 5 heteroatoms. The fourth-order valence-electron chi connectivity index (χ4n) is 2.37. The normalized spacial score (nSPS) is 10.9. The highest BCUT2D eigenvalue weighted by Crippen LogP contribution is 2.21. The number of esters is 1. The highest BCUT2D eigenvalue weighted by Gasteiger charge is 2.12. The van der Waals surface area contributed by atoms with Gasteiger partial charge in [-0.2, -0.15) is 0 Å². The second kappa shape index (κ2) is 6.38. The molecular formula is C18H16O4S. The molecule has 0 saturated heterocycles. The number of carbonyl (C=O) groups excluding carboxylic acids is 1. The fourth-order valence-corrected chi connectivity index (χ4v) is 3.13. The highest BCUT2D eigenvalue weighted by molar-refractivity contribution is 7.13. The topological polar surface area (TPSA) is 56.5 Å². The summed E-state index contributed by atoms with van der Waals surface area (Å²) in [4.78, 5) is 25.4. The van der Waals surface area contributed by atoms with Gasteiger partial charge >= 0.3 is 11.6 Å². The van der Waals surface area contributed by atoms with Crippen LogP contribution < -0.4 is 5.63 Å². The van der Waals surface area contributed by atoms with E-state index in [9.17, 15) is 9.59 Å². The fraction of sp³-hybridized carbons (Fsp3) is 0.222. The zero-order valence-corrected chi connectivity index (χ0v) is 13.7. The first-order valence-electron chi connectivity index (χ1n) is 7.36. The maximum Gasteiger partial charge on any atom is 0.348 e. The van der Waals surface area contributed by atoms with E-state index in [4.69, 9.17) is 9.15 Å². The van der Waals surface area contributed by atoms with Crippen molar-refractivity contribution in [1.82, 2.24) is 0 Å². The van der Waals surface area contributed by atoms with Crippen LogP contribution in [0.5, 0.6) is 0 Å². The Balaban J connectivity index is 1.87. The van der Waals surface area contributed by atoms with E-state index in [0.29, 0.717) is 16.0 Å². The molecule has 0 fully saturated rings. The van der Waals surface area contributed by atoms with Crippen molar-refractivity contribution in [2.24, 2.45) is 0 Å². The van der Waals surface area contributed by atoms with Crippen molar-refractivity contribution in [3.05, 3.63) is 67.7 Å². The molecule has 3 rings (SSSR count). The number of benzene rings is 1. The lowest BCUT2D eigenvalue weighted by molar-refractivity contribution is 0.0479. The molecule has 0 bridgehead atoms. The van der Waals surface area contributed by atoms with E-state index >= 15 is 0 Å². The summed E-state index contributed by atoms with van der Waals surface area (Å²) in [5.41, 5.74) is 1.82. The maximum absolute atomic E-state index is 12.0. The third-order valence-corrected chi connectivity index (χ3v) is 4.58. The van der Waals surface area contributed by atoms with Gasteiger partial charge in [0, 0.05) is 21.9 Å². The first-order chi connectivity index (χ1) is 11.1. The maximum atomic E-state index is 12.0. The Bertz CT molecular complexity index is 920. The molecule has 2 heterocycles. The summed E-state index contributed by atoms with van der Waals surface area (Å²) >= 11 is 1.39. The Hall–Kier alpha value is -2.40. The summed E-state index contributed by atoms with van der Waals surface area (Å²) in [6.07, 6.45) is 0.858. The van der Waals surface area contributed by atoms with Crippen LogP contribution in [-0.4, -0.2) is 5.97 Å². The van der Waals surface area contributed by atoms with Gasteiger partial charge < -0.3 is 9.15 Å². The third-order valence-electron chi connectivity index (χ3n) is 3.60. The molecule has 0 aliphatic carbocycles. The van der Waals surface area contributed by atoms with Gasteiger partial charge in [-0.05, 0) is 37.1 Å². The van der Waals surface area contributed by atoms with Gasteiger partial charge in [0.05, 0.1) is 0 Å². The quantitative estimate of drug-likeness (QED) is 0.535. The van der Waals surface area contributed by atoms with Gasteiger partial charge in [-0.1, -0.05) is 19.1 Å². The Kier molecular flexibility index (Phi) is 4.30. The number of carbonyl (C=O) groups is 1. The minimum Gasteiger partial charge on any atom is -0.457 e. The Morgan fingerprint density at radius 2 is 2.04 bits per heavy atom. The van der Waals surface area contributed by atoms with Crippen LogP contribution in [0.3, 0.4) is 0 Å². The van der Waals surface area contributed by atoms with Crippen LogP contribution in [-0.2, 0) is 17.8 Å². The summed E-state index contributed by atoms with van der Waals surface area (Å²) < 4.78 is 10.6. The van der Waals surface area contributed by atoms with Crippen LogP contribution >= 0.6 is 11.3 Å². The average molecular weight is 328 g/mol. The van der Waals surface area contributed by atoms with Crippen LogP contribution in [0.4, 0.5) is 0 Å². The molecule has 0 radical (unpaired) electrons. The molecule has 23 heavy (non-hydrogen) atoms. The SMILES string of the molecule is CCc1ccc2c(COC(=O)c3ccc(C)s3)cc(=O)oc2c1. The van der Waals surface area contributed by atoms with Crippen molar-refractivity contribution in [3.63, 3.8) is 0 Å². The van der Waals surface area contributed by atoms with Gasteiger partial charge in [0.15, 0.2) is 0 Å². The van der Waals surface area contributed by atoms with Gasteiger partial charge in [-0.3, -0.25) is 0 Å². The monoisotopic (exact) mass is 328 g/mol. The lowest BCUT2D eigenvalue weighted by Gasteiger charge is -2.07. The molecule has 0 amide bonds. The van der Waals surface area contributed by atoms with Crippen LogP contribution in [0, 0.1) is 6.92 Å². The van der Waals surface area contributed by atoms with Gasteiger partial charge in [-0.25, -0.2) is 9.59 Å². The van der Waals surface area contributed by atoms with Crippen molar-refractivity contribution in [2.75, 3.05) is 0 Å². The van der Waals surface area contributed by atoms with Crippen LogP contribution in [0.25, 0.3) is 11.0 Å². The van der Waals surface area contributed by atoms with Gasteiger partial charge in [0.25, 0.3) is 0 Å². The molecule has 0 unspecified atom stereocenters. The summed E-state index contributed by atoms with van der Waals surface area (Å²) in [6, 6.07) is 10.7. The van der Waals surface area contributed by atoms with Crippen LogP contribution in [0.15, 0.2) is 45.6 Å². The summed E-state index contributed by atoms with van der Waals surface area (Å²) in [5.74, 6) is -0.380. The lowest BCUT2D eigenvalue weighted by Crippen LogP contribution is -2.07. The van der Waals surface area contributed by atoms with Gasteiger partial charge in [0.2, 0.25) is 0 Å². The van der Waals surface area contributed by atoms with E-state index in [-0.39, 0.29) is 12.6 Å². The molecule has 118 valence electrons. The second-order valence-electron chi connectivity index (χ2n) is 5.26. The molecule has 0 saturated carbocycles. The van der Waals surface area contributed by atoms with E-state index in [2.05, 4.69) is 0 Å². The molecule has 4 nitrogen and oxygen atoms in total. The molecule has 0 atom stereocenters. The molecule has 3 aromatic rings. The molecule has 2 aromatic heterocycles. The number of rotatable bonds is 4. The molecule has 0 spiro atoms. The van der Waals surface area contributed by atoms with Crippen LogP contribution in [0.2, 0.25) is 0 Å². The zero-order valence-electron chi connectivity index (χ0n) is 12.9. The van der Waals surface area contributed by atoms with Crippen molar-refractivity contribution >= 4 is 28.3 Å². The minimum atomic E-state index is -0.441. The Morgan fingerprint density at radius 1 is 1.22 bits per heavy atom. The van der Waals surface area contributed by atoms with Crippen molar-refractivity contribution in [2.45, 2.75) is 26.9 Å². The first kappa shape index (κ1) is 15.5. The summed E-state index contributed by atoms with van der Waals surface area (Å²) in [5, 5.41) is 0.789. The summed E-state index contributed by atoms with van der Waals surface area (Å²) in [7, 11) is 0. The smallest absolute Gasteiger partial charge is 0.348 e. The van der Waals surface area contributed by atoms with Crippen LogP contribution in [0.1, 0.15) is 32.6 Å². The molecular weight excluding hydrogens is 312 g/mol. The number of hydrogen-bond donors (Lipinski definition) is 0. The molecule has 0 aliphatic rings.